The van der Waals surface area contributed by atoms with Crippen LogP contribution in [-0.4, -0.2) is 18.1 Å². The molecule has 1 aromatic heterocycles. The number of benzene rings is 1. The first kappa shape index (κ1) is 12.3. The lowest BCUT2D eigenvalue weighted by molar-refractivity contribution is 0.530. The van der Waals surface area contributed by atoms with E-state index in [0.29, 0.717) is 0 Å². The molecule has 3 rings (SSSR count). The molecule has 2 aromatic rings. The quantitative estimate of drug-likeness (QED) is 0.913. The third-order valence-electron chi connectivity index (χ3n) is 4.07. The van der Waals surface area contributed by atoms with Crippen LogP contribution >= 0.6 is 0 Å². The first-order valence-corrected chi connectivity index (χ1v) is 7.17. The van der Waals surface area contributed by atoms with Gasteiger partial charge in [-0.1, -0.05) is 31.5 Å². The Morgan fingerprint density at radius 1 is 1.37 bits per heavy atom. The van der Waals surface area contributed by atoms with Gasteiger partial charge in [-0.25, -0.2) is 0 Å². The average Bonchev–Trinajstić information content (AvgIpc) is 2.87. The van der Waals surface area contributed by atoms with Gasteiger partial charge in [-0.15, -0.1) is 0 Å². The molecule has 19 heavy (non-hydrogen) atoms. The molecule has 2 heterocycles. The van der Waals surface area contributed by atoms with Gasteiger partial charge in [0.25, 0.3) is 0 Å². The summed E-state index contributed by atoms with van der Waals surface area (Å²) in [6, 6.07) is 8.27. The minimum atomic E-state index is 0.802. The van der Waals surface area contributed by atoms with Crippen LogP contribution in [0.1, 0.15) is 26.2 Å². The second-order valence-electron chi connectivity index (χ2n) is 5.47. The van der Waals surface area contributed by atoms with Crippen molar-refractivity contribution in [2.24, 2.45) is 5.92 Å². The summed E-state index contributed by atoms with van der Waals surface area (Å²) in [4.78, 5) is 6.86. The van der Waals surface area contributed by atoms with Crippen molar-refractivity contribution < 1.29 is 0 Å². The molecule has 1 saturated heterocycles. The molecule has 1 atom stereocenters. The summed E-state index contributed by atoms with van der Waals surface area (Å²) in [5.41, 5.74) is 9.20. The van der Waals surface area contributed by atoms with Crippen LogP contribution < -0.4 is 10.6 Å². The Hall–Kier alpha value is -1.77. The Labute approximate surface area is 114 Å². The van der Waals surface area contributed by atoms with Crippen molar-refractivity contribution in [1.82, 2.24) is 4.98 Å². The van der Waals surface area contributed by atoms with Crippen LogP contribution in [0.5, 0.6) is 0 Å². The monoisotopic (exact) mass is 255 g/mol. The number of nitrogens with two attached hydrogens (primary N) is 1. The molecule has 1 aliphatic rings. The van der Waals surface area contributed by atoms with Gasteiger partial charge in [0.2, 0.25) is 0 Å². The maximum Gasteiger partial charge on any atom is 0.0745 e. The van der Waals surface area contributed by atoms with Crippen molar-refractivity contribution in [2.45, 2.75) is 26.2 Å². The standard InChI is InChI=1S/C16H21N3/c1-2-5-12-8-9-19(11-12)16-13-6-3-4-7-15(13)18-10-14(16)17/h3-4,6-7,10,12H,2,5,8-9,11,17H2,1H3. The average molecular weight is 255 g/mol. The van der Waals surface area contributed by atoms with Crippen LogP contribution in [0, 0.1) is 5.92 Å². The Kier molecular flexibility index (Phi) is 3.28. The molecule has 0 saturated carbocycles. The third-order valence-corrected chi connectivity index (χ3v) is 4.07. The number of nitrogens with zero attached hydrogens (tertiary/aromatic N) is 2. The fraction of sp³-hybridized carbons (Fsp3) is 0.438. The van der Waals surface area contributed by atoms with Crippen LogP contribution in [0.25, 0.3) is 10.9 Å². The zero-order valence-corrected chi connectivity index (χ0v) is 11.5. The largest absolute Gasteiger partial charge is 0.396 e. The second kappa shape index (κ2) is 5.08. The molecule has 2 N–H and O–H groups in total. The molecule has 1 fully saturated rings. The van der Waals surface area contributed by atoms with Crippen molar-refractivity contribution in [3.05, 3.63) is 30.5 Å². The van der Waals surface area contributed by atoms with E-state index in [-0.39, 0.29) is 0 Å². The lowest BCUT2D eigenvalue weighted by Gasteiger charge is -2.22. The Morgan fingerprint density at radius 2 is 2.21 bits per heavy atom. The van der Waals surface area contributed by atoms with E-state index in [9.17, 15) is 0 Å². The topological polar surface area (TPSA) is 42.1 Å². The summed E-state index contributed by atoms with van der Waals surface area (Å²) in [5, 5.41) is 1.18. The zero-order valence-electron chi connectivity index (χ0n) is 11.5. The lowest BCUT2D eigenvalue weighted by Crippen LogP contribution is -2.21. The molecular formula is C16H21N3. The molecule has 3 heteroatoms. The van der Waals surface area contributed by atoms with Gasteiger partial charge in [0.1, 0.15) is 0 Å². The Balaban J connectivity index is 1.98. The highest BCUT2D eigenvalue weighted by Gasteiger charge is 2.24. The van der Waals surface area contributed by atoms with E-state index >= 15 is 0 Å². The number of para-hydroxylation sites is 1. The van der Waals surface area contributed by atoms with E-state index in [1.165, 1.54) is 30.3 Å². The molecule has 0 radical (unpaired) electrons. The summed E-state index contributed by atoms with van der Waals surface area (Å²) >= 11 is 0. The summed E-state index contributed by atoms with van der Waals surface area (Å²) in [6.07, 6.45) is 5.67. The highest BCUT2D eigenvalue weighted by atomic mass is 15.2. The van der Waals surface area contributed by atoms with Crippen LogP contribution in [0.4, 0.5) is 11.4 Å². The van der Waals surface area contributed by atoms with Crippen LogP contribution in [-0.2, 0) is 0 Å². The molecule has 0 bridgehead atoms. The second-order valence-corrected chi connectivity index (χ2v) is 5.47. The predicted molar refractivity (Wildman–Crippen MR) is 81.4 cm³/mol. The first-order chi connectivity index (χ1) is 9.29. The minimum absolute atomic E-state index is 0.802. The molecule has 3 nitrogen and oxygen atoms in total. The molecule has 0 aliphatic carbocycles. The zero-order chi connectivity index (χ0) is 13.2. The van der Waals surface area contributed by atoms with E-state index in [1.54, 1.807) is 6.20 Å². The van der Waals surface area contributed by atoms with Crippen LogP contribution in [0.3, 0.4) is 0 Å². The molecular weight excluding hydrogens is 234 g/mol. The Morgan fingerprint density at radius 3 is 3.05 bits per heavy atom. The fourth-order valence-corrected chi connectivity index (χ4v) is 3.17. The molecule has 1 aliphatic heterocycles. The number of hydrogen-bond donors (Lipinski definition) is 1. The van der Waals surface area contributed by atoms with Crippen molar-refractivity contribution in [1.29, 1.82) is 0 Å². The van der Waals surface area contributed by atoms with Gasteiger partial charge < -0.3 is 10.6 Å². The molecule has 100 valence electrons. The summed E-state index contributed by atoms with van der Waals surface area (Å²) in [7, 11) is 0. The van der Waals surface area contributed by atoms with Gasteiger partial charge >= 0.3 is 0 Å². The Bertz CT molecular complexity index is 579. The van der Waals surface area contributed by atoms with Crippen molar-refractivity contribution in [3.63, 3.8) is 0 Å². The summed E-state index contributed by atoms with van der Waals surface area (Å²) < 4.78 is 0. The first-order valence-electron chi connectivity index (χ1n) is 7.17. The van der Waals surface area contributed by atoms with E-state index < -0.39 is 0 Å². The maximum absolute atomic E-state index is 6.18. The van der Waals surface area contributed by atoms with E-state index in [1.807, 2.05) is 6.07 Å². The summed E-state index contributed by atoms with van der Waals surface area (Å²) in [5.74, 6) is 0.816. The molecule has 1 unspecified atom stereocenters. The van der Waals surface area contributed by atoms with E-state index in [4.69, 9.17) is 5.73 Å². The number of rotatable bonds is 3. The predicted octanol–water partition coefficient (Wildman–Crippen LogP) is 3.44. The molecule has 0 amide bonds. The van der Waals surface area contributed by atoms with Gasteiger partial charge in [0.15, 0.2) is 0 Å². The van der Waals surface area contributed by atoms with Gasteiger partial charge in [-0.05, 0) is 24.8 Å². The van der Waals surface area contributed by atoms with Gasteiger partial charge in [-0.2, -0.15) is 0 Å². The van der Waals surface area contributed by atoms with Crippen molar-refractivity contribution in [2.75, 3.05) is 23.7 Å². The van der Waals surface area contributed by atoms with E-state index in [2.05, 4.69) is 35.0 Å². The normalized spacial score (nSPS) is 19.2. The van der Waals surface area contributed by atoms with Gasteiger partial charge in [-0.3, -0.25) is 4.98 Å². The van der Waals surface area contributed by atoms with Crippen molar-refractivity contribution >= 4 is 22.3 Å². The van der Waals surface area contributed by atoms with Gasteiger partial charge in [0.05, 0.1) is 23.1 Å². The molecule has 1 aromatic carbocycles. The number of fused-ring (bicyclic) bond motifs is 1. The highest BCUT2D eigenvalue weighted by Crippen LogP contribution is 2.35. The maximum atomic E-state index is 6.18. The lowest BCUT2D eigenvalue weighted by atomic mass is 10.0. The minimum Gasteiger partial charge on any atom is -0.396 e. The van der Waals surface area contributed by atoms with Crippen LogP contribution in [0.2, 0.25) is 0 Å². The number of hydrogen-bond acceptors (Lipinski definition) is 3. The van der Waals surface area contributed by atoms with Crippen LogP contribution in [0.15, 0.2) is 30.5 Å². The van der Waals surface area contributed by atoms with E-state index in [0.717, 1.165) is 30.2 Å². The smallest absolute Gasteiger partial charge is 0.0745 e. The number of nitrogen functional groups attached to an aromatic ring is 1. The van der Waals surface area contributed by atoms with Gasteiger partial charge in [0, 0.05) is 18.5 Å². The van der Waals surface area contributed by atoms with Crippen molar-refractivity contribution in [3.8, 4) is 0 Å². The fourth-order valence-electron chi connectivity index (χ4n) is 3.17. The third kappa shape index (κ3) is 2.25. The molecule has 0 spiro atoms. The number of aromatic nitrogens is 1. The SMILES string of the molecule is CCCC1CCN(c2c(N)cnc3ccccc23)C1. The number of anilines is 2. The number of pyridine rings is 1. The summed E-state index contributed by atoms with van der Waals surface area (Å²) in [6.45, 7) is 4.51. The highest BCUT2D eigenvalue weighted by molar-refractivity contribution is 5.97.